The van der Waals surface area contributed by atoms with Crippen molar-refractivity contribution in [2.45, 2.75) is 10.5 Å². The summed E-state index contributed by atoms with van der Waals surface area (Å²) in [6.45, 7) is 1.92. The monoisotopic (exact) mass is 224 g/mol. The zero-order valence-electron chi connectivity index (χ0n) is 4.30. The van der Waals surface area contributed by atoms with E-state index in [0.29, 0.717) is 0 Å². The second-order valence-electron chi connectivity index (χ2n) is 1.58. The van der Waals surface area contributed by atoms with Crippen LogP contribution in [-0.4, -0.2) is 9.76 Å². The molecule has 0 aromatic carbocycles. The fraction of sp³-hybridized carbons (Fsp3) is 0.667. The summed E-state index contributed by atoms with van der Waals surface area (Å²) < 4.78 is -0.247. The Labute approximate surface area is 60.6 Å². The quantitative estimate of drug-likeness (QED) is 0.373. The van der Waals surface area contributed by atoms with E-state index in [0.717, 1.165) is 0 Å². The molecule has 1 aliphatic rings. The number of rotatable bonds is 0. The Morgan fingerprint density at radius 3 is 2.75 bits per heavy atom. The molecule has 1 heterocycles. The van der Waals surface area contributed by atoms with Gasteiger partial charge in [0, 0.05) is 0 Å². The van der Waals surface area contributed by atoms with E-state index in [4.69, 9.17) is 0 Å². The van der Waals surface area contributed by atoms with Gasteiger partial charge in [0.15, 0.2) is 3.55 Å². The molecule has 1 rings (SSSR count). The molecule has 4 nitrogen and oxygen atoms in total. The normalized spacial score (nSPS) is 34.8. The fourth-order valence-electron chi connectivity index (χ4n) is 0.318. The summed E-state index contributed by atoms with van der Waals surface area (Å²) in [4.78, 5) is 0. The van der Waals surface area contributed by atoms with Crippen molar-refractivity contribution < 1.29 is 0 Å². The van der Waals surface area contributed by atoms with Crippen molar-refractivity contribution in [3.8, 4) is 0 Å². The maximum Gasteiger partial charge on any atom is 0.168 e. The van der Waals surface area contributed by atoms with Crippen LogP contribution in [0.15, 0.2) is 15.4 Å². The van der Waals surface area contributed by atoms with Gasteiger partial charge in [-0.15, -0.1) is 5.11 Å². The van der Waals surface area contributed by atoms with Crippen LogP contribution in [0.4, 0.5) is 0 Å². The molecule has 1 atom stereocenters. The van der Waals surface area contributed by atoms with Crippen LogP contribution in [0.2, 0.25) is 0 Å². The van der Waals surface area contributed by atoms with Crippen molar-refractivity contribution in [3.63, 3.8) is 0 Å². The highest BCUT2D eigenvalue weighted by Crippen LogP contribution is 2.18. The second kappa shape index (κ2) is 1.96. The Hall–Kier alpha value is -0.200. The summed E-state index contributed by atoms with van der Waals surface area (Å²) in [5.41, 5.74) is 2.36. The Morgan fingerprint density at radius 1 is 1.75 bits per heavy atom. The van der Waals surface area contributed by atoms with Gasteiger partial charge in [-0.1, -0.05) is 5.22 Å². The fourth-order valence-corrected chi connectivity index (χ4v) is 0.566. The van der Waals surface area contributed by atoms with Crippen molar-refractivity contribution in [2.75, 3.05) is 0 Å². The first-order chi connectivity index (χ1) is 3.71. The van der Waals surface area contributed by atoms with Gasteiger partial charge in [0.1, 0.15) is 0 Å². The summed E-state index contributed by atoms with van der Waals surface area (Å²) in [5, 5.41) is 11.0. The third-order valence-electron chi connectivity index (χ3n) is 0.648. The van der Waals surface area contributed by atoms with Crippen molar-refractivity contribution in [1.82, 2.24) is 5.53 Å². The maximum atomic E-state index is 3.81. The summed E-state index contributed by atoms with van der Waals surface area (Å²) >= 11 is 2.14. The summed E-state index contributed by atoms with van der Waals surface area (Å²) in [5.74, 6) is 0. The lowest BCUT2D eigenvalue weighted by Crippen LogP contribution is -2.19. The molecule has 0 unspecified atom stereocenters. The number of alkyl halides is 1. The minimum absolute atomic E-state index is 0.247. The third-order valence-corrected chi connectivity index (χ3v) is 1.14. The molecule has 5 heteroatoms. The Kier molecular flexibility index (Phi) is 1.45. The zero-order valence-corrected chi connectivity index (χ0v) is 6.45. The van der Waals surface area contributed by atoms with Crippen LogP contribution in [0.5, 0.6) is 0 Å². The van der Waals surface area contributed by atoms with Gasteiger partial charge < -0.3 is 0 Å². The Morgan fingerprint density at radius 2 is 2.50 bits per heavy atom. The van der Waals surface area contributed by atoms with Crippen molar-refractivity contribution in [3.05, 3.63) is 0 Å². The smallest absolute Gasteiger partial charge is 0.168 e. The Balaban J connectivity index is 2.69. The van der Waals surface area contributed by atoms with Crippen LogP contribution in [-0.2, 0) is 0 Å². The Bertz CT molecular complexity index is 124. The lowest BCUT2D eigenvalue weighted by atomic mass is 10.4. The largest absolute Gasteiger partial charge is 0.180 e. The first-order valence-electron chi connectivity index (χ1n) is 2.11. The molecule has 1 N–H and O–H groups in total. The predicted molar refractivity (Wildman–Crippen MR) is 38.9 cm³/mol. The molecule has 0 saturated heterocycles. The topological polar surface area (TPSA) is 49.1 Å². The third kappa shape index (κ3) is 1.39. The molecule has 0 fully saturated rings. The molecule has 0 amide bonds. The first kappa shape index (κ1) is 5.93. The van der Waals surface area contributed by atoms with E-state index in [2.05, 4.69) is 43.6 Å². The molecule has 0 aromatic rings. The van der Waals surface area contributed by atoms with E-state index in [1.165, 1.54) is 0 Å². The highest BCUT2D eigenvalue weighted by Gasteiger charge is 2.17. The average molecular weight is 224 g/mol. The van der Waals surface area contributed by atoms with Crippen LogP contribution < -0.4 is 5.53 Å². The van der Waals surface area contributed by atoms with E-state index in [1.54, 1.807) is 6.21 Å². The van der Waals surface area contributed by atoms with Gasteiger partial charge in [0.2, 0.25) is 0 Å². The van der Waals surface area contributed by atoms with Gasteiger partial charge in [0.05, 0.1) is 6.21 Å². The van der Waals surface area contributed by atoms with Gasteiger partial charge in [-0.2, -0.15) is 10.6 Å². The van der Waals surface area contributed by atoms with Crippen molar-refractivity contribution >= 4 is 28.8 Å². The lowest BCUT2D eigenvalue weighted by Gasteiger charge is -2.10. The number of nitrogens with one attached hydrogen (secondary N) is 1. The van der Waals surface area contributed by atoms with E-state index in [-0.39, 0.29) is 3.55 Å². The molecule has 0 aromatic heterocycles. The molecular formula is C3H5IN4. The molecule has 0 radical (unpaired) electrons. The van der Waals surface area contributed by atoms with Crippen LogP contribution in [0.3, 0.4) is 0 Å². The highest BCUT2D eigenvalue weighted by molar-refractivity contribution is 14.1. The number of hydrogen-bond acceptors (Lipinski definition) is 4. The summed E-state index contributed by atoms with van der Waals surface area (Å²) in [7, 11) is 0. The van der Waals surface area contributed by atoms with Gasteiger partial charge >= 0.3 is 0 Å². The first-order valence-corrected chi connectivity index (χ1v) is 3.19. The van der Waals surface area contributed by atoms with E-state index >= 15 is 0 Å². The van der Waals surface area contributed by atoms with Gasteiger partial charge in [-0.05, 0) is 29.5 Å². The molecule has 0 bridgehead atoms. The van der Waals surface area contributed by atoms with E-state index in [1.807, 2.05) is 6.92 Å². The van der Waals surface area contributed by atoms with Gasteiger partial charge in [-0.25, -0.2) is 0 Å². The molecule has 8 heavy (non-hydrogen) atoms. The molecule has 44 valence electrons. The number of halogens is 1. The molecular weight excluding hydrogens is 219 g/mol. The summed E-state index contributed by atoms with van der Waals surface area (Å²) in [6, 6.07) is 0. The maximum absolute atomic E-state index is 3.81. The van der Waals surface area contributed by atoms with Gasteiger partial charge in [-0.3, -0.25) is 0 Å². The SMILES string of the molecule is C[C@]1(I)C=NNN=N1. The number of hydrazone groups is 1. The van der Waals surface area contributed by atoms with Gasteiger partial charge in [0.25, 0.3) is 0 Å². The minimum atomic E-state index is -0.247. The molecule has 0 saturated carbocycles. The van der Waals surface area contributed by atoms with Crippen LogP contribution in [0, 0.1) is 0 Å². The molecule has 0 aliphatic carbocycles. The highest BCUT2D eigenvalue weighted by atomic mass is 127. The minimum Gasteiger partial charge on any atom is -0.180 e. The van der Waals surface area contributed by atoms with Crippen LogP contribution in [0.25, 0.3) is 0 Å². The molecule has 1 aliphatic heterocycles. The second-order valence-corrected chi connectivity index (χ2v) is 3.77. The zero-order chi connectivity index (χ0) is 6.04. The van der Waals surface area contributed by atoms with Crippen LogP contribution >= 0.6 is 22.6 Å². The number of hydrogen-bond donors (Lipinski definition) is 1. The lowest BCUT2D eigenvalue weighted by molar-refractivity contribution is 0.656. The van der Waals surface area contributed by atoms with Crippen LogP contribution in [0.1, 0.15) is 6.92 Å². The number of nitrogens with zero attached hydrogens (tertiary/aromatic N) is 3. The average Bonchev–Trinajstić information content (AvgIpc) is 1.65. The van der Waals surface area contributed by atoms with Crippen molar-refractivity contribution in [2.24, 2.45) is 15.4 Å². The molecule has 0 spiro atoms. The van der Waals surface area contributed by atoms with Crippen molar-refractivity contribution in [1.29, 1.82) is 0 Å². The van der Waals surface area contributed by atoms with E-state index in [9.17, 15) is 0 Å². The van der Waals surface area contributed by atoms with E-state index < -0.39 is 0 Å². The standard InChI is InChI=1S/C3H5IN4/c1-3(4)2-5-7-8-6-3/h2H,1H3,(H,6,7)/t3-/m1/s1. The summed E-state index contributed by atoms with van der Waals surface area (Å²) in [6.07, 6.45) is 1.70. The predicted octanol–water partition coefficient (Wildman–Crippen LogP) is 1.09.